The Bertz CT molecular complexity index is 1360. The molecule has 0 spiro atoms. The van der Waals surface area contributed by atoms with Gasteiger partial charge in [0.1, 0.15) is 17.7 Å². The minimum Gasteiger partial charge on any atom is -0.387 e. The maximum atomic E-state index is 12.9. The lowest BCUT2D eigenvalue weighted by Crippen LogP contribution is -2.41. The first kappa shape index (κ1) is 23.7. The summed E-state index contributed by atoms with van der Waals surface area (Å²) in [5.74, 6) is 5.33. The van der Waals surface area contributed by atoms with Gasteiger partial charge in [0.05, 0.1) is 12.9 Å². The number of hydrogen-bond donors (Lipinski definition) is 4. The molecule has 0 bridgehead atoms. The lowest BCUT2D eigenvalue weighted by Gasteiger charge is -2.19. The van der Waals surface area contributed by atoms with Crippen LogP contribution in [-0.4, -0.2) is 84.4 Å². The number of nitrogens with two attached hydrogens (primary N) is 1. The largest absolute Gasteiger partial charge is 0.387 e. The van der Waals surface area contributed by atoms with Gasteiger partial charge in [-0.15, -0.1) is 0 Å². The molecule has 5 N–H and O–H groups in total. The molecular weight excluding hydrogens is 466 g/mol. The van der Waals surface area contributed by atoms with Gasteiger partial charge in [-0.2, -0.15) is 0 Å². The second kappa shape index (κ2) is 9.54. The number of aromatic nitrogens is 4. The molecule has 2 fully saturated rings. The number of benzene rings is 1. The summed E-state index contributed by atoms with van der Waals surface area (Å²) in [4.78, 5) is 39.4. The van der Waals surface area contributed by atoms with Crippen LogP contribution in [0.2, 0.25) is 0 Å². The molecule has 5 rings (SSSR count). The van der Waals surface area contributed by atoms with Crippen LogP contribution < -0.4 is 11.1 Å². The highest BCUT2D eigenvalue weighted by molar-refractivity contribution is 5.94. The van der Waals surface area contributed by atoms with Gasteiger partial charge < -0.3 is 30.9 Å². The molecule has 1 aromatic carbocycles. The molecule has 1 saturated carbocycles. The third kappa shape index (κ3) is 4.35. The van der Waals surface area contributed by atoms with Crippen LogP contribution in [-0.2, 0) is 9.53 Å². The number of anilines is 1. The molecule has 186 valence electrons. The number of carbonyl (C=O) groups excluding carboxylic acids is 2. The highest BCUT2D eigenvalue weighted by Crippen LogP contribution is 2.32. The molecule has 0 radical (unpaired) electrons. The van der Waals surface area contributed by atoms with Gasteiger partial charge in [-0.25, -0.2) is 15.0 Å². The predicted molar refractivity (Wildman–Crippen MR) is 127 cm³/mol. The fourth-order valence-electron chi connectivity index (χ4n) is 4.13. The van der Waals surface area contributed by atoms with Crippen molar-refractivity contribution >= 4 is 28.8 Å². The highest BCUT2D eigenvalue weighted by Gasteiger charge is 2.47. The molecular formula is C24H25N7O5. The molecule has 2 aromatic heterocycles. The Morgan fingerprint density at radius 3 is 2.67 bits per heavy atom. The third-order valence-electron chi connectivity index (χ3n) is 6.18. The minimum atomic E-state index is -1.44. The third-order valence-corrected chi connectivity index (χ3v) is 6.18. The quantitative estimate of drug-likeness (QED) is 0.342. The van der Waals surface area contributed by atoms with Gasteiger partial charge in [-0.3, -0.25) is 14.2 Å². The number of nitrogens with one attached hydrogen (secondary N) is 1. The van der Waals surface area contributed by atoms with Crippen LogP contribution in [0, 0.1) is 11.8 Å². The Balaban J connectivity index is 1.40. The molecule has 1 aliphatic carbocycles. The number of likely N-dealkylation sites (N-methyl/N-ethyl adjacent to an activating group) is 1. The van der Waals surface area contributed by atoms with E-state index in [1.165, 1.54) is 17.9 Å². The summed E-state index contributed by atoms with van der Waals surface area (Å²) < 4.78 is 6.99. The fraction of sp³-hybridized carbons (Fsp3) is 0.375. The minimum absolute atomic E-state index is 0.0679. The smallest absolute Gasteiger partial charge is 0.254 e. The van der Waals surface area contributed by atoms with Gasteiger partial charge in [-0.1, -0.05) is 24.1 Å². The number of ether oxygens (including phenoxy) is 1. The summed E-state index contributed by atoms with van der Waals surface area (Å²) in [5.41, 5.74) is 7.15. The Labute approximate surface area is 206 Å². The number of fused-ring (bicyclic) bond motifs is 1. The lowest BCUT2D eigenvalue weighted by atomic mass is 10.1. The standard InChI is InChI=1S/C24H25N7O5/c1-26-22(34)19-17(32)18(33)24(36-19)31-12-27-16-20(25)28-15(29-21(16)31)8-5-11-30(14-9-10-14)23(35)13-6-3-2-4-7-13/h2-4,6-7,12,14,17-19,24,32-33H,9-11H2,1H3,(H,26,34)(H2,25,28,29)/t17-,18+,19?,24?/m0/s1. The number of rotatable bonds is 5. The zero-order valence-electron chi connectivity index (χ0n) is 19.4. The van der Waals surface area contributed by atoms with Gasteiger partial charge >= 0.3 is 0 Å². The molecule has 3 aromatic rings. The van der Waals surface area contributed by atoms with Crippen LogP contribution in [0.1, 0.15) is 35.3 Å². The first-order valence-electron chi connectivity index (χ1n) is 11.5. The molecule has 12 nitrogen and oxygen atoms in total. The van der Waals surface area contributed by atoms with Crippen molar-refractivity contribution in [2.75, 3.05) is 19.3 Å². The Hall–Kier alpha value is -4.05. The molecule has 1 aliphatic heterocycles. The Morgan fingerprint density at radius 2 is 1.97 bits per heavy atom. The summed E-state index contributed by atoms with van der Waals surface area (Å²) in [5, 5.41) is 23.2. The van der Waals surface area contributed by atoms with E-state index in [2.05, 4.69) is 32.1 Å². The van der Waals surface area contributed by atoms with E-state index in [0.29, 0.717) is 5.56 Å². The van der Waals surface area contributed by atoms with E-state index in [4.69, 9.17) is 10.5 Å². The Kier molecular flexibility index (Phi) is 6.27. The molecule has 36 heavy (non-hydrogen) atoms. The van der Waals surface area contributed by atoms with E-state index in [-0.39, 0.29) is 41.3 Å². The maximum Gasteiger partial charge on any atom is 0.254 e. The number of imidazole rings is 1. The number of amides is 2. The number of nitrogens with zero attached hydrogens (tertiary/aromatic N) is 5. The van der Waals surface area contributed by atoms with E-state index in [0.717, 1.165) is 12.8 Å². The van der Waals surface area contributed by atoms with Crippen LogP contribution in [0.15, 0.2) is 36.7 Å². The SMILES string of the molecule is CNC(=O)C1OC(n2cnc3c(N)nc(C#CCN(C(=O)c4ccccc4)C4CC4)nc32)[C@H](O)[C@@H]1O. The topological polar surface area (TPSA) is 169 Å². The number of hydrogen-bond acceptors (Lipinski definition) is 9. The highest BCUT2D eigenvalue weighted by atomic mass is 16.6. The van der Waals surface area contributed by atoms with Gasteiger partial charge in [0.2, 0.25) is 5.82 Å². The average molecular weight is 492 g/mol. The maximum absolute atomic E-state index is 12.9. The first-order chi connectivity index (χ1) is 17.4. The molecule has 2 unspecified atom stereocenters. The second-order valence-electron chi connectivity index (χ2n) is 8.63. The summed E-state index contributed by atoms with van der Waals surface area (Å²) >= 11 is 0. The van der Waals surface area contributed by atoms with Crippen molar-refractivity contribution in [3.05, 3.63) is 48.0 Å². The van der Waals surface area contributed by atoms with Crippen LogP contribution >= 0.6 is 0 Å². The average Bonchev–Trinajstić information content (AvgIpc) is 3.58. The normalized spacial score (nSPS) is 23.2. The van der Waals surface area contributed by atoms with E-state index in [1.807, 2.05) is 18.2 Å². The fourth-order valence-corrected chi connectivity index (χ4v) is 4.13. The van der Waals surface area contributed by atoms with Crippen molar-refractivity contribution < 1.29 is 24.5 Å². The van der Waals surface area contributed by atoms with Crippen molar-refractivity contribution in [1.29, 1.82) is 0 Å². The summed E-state index contributed by atoms with van der Waals surface area (Å²) in [6, 6.07) is 9.20. The van der Waals surface area contributed by atoms with E-state index >= 15 is 0 Å². The number of aliphatic hydroxyl groups is 2. The predicted octanol–water partition coefficient (Wildman–Crippen LogP) is -0.570. The number of aliphatic hydroxyl groups excluding tert-OH is 2. The van der Waals surface area contributed by atoms with Crippen LogP contribution in [0.3, 0.4) is 0 Å². The number of nitrogen functional groups attached to an aromatic ring is 1. The lowest BCUT2D eigenvalue weighted by molar-refractivity contribution is -0.137. The van der Waals surface area contributed by atoms with Crippen molar-refractivity contribution in [3.63, 3.8) is 0 Å². The summed E-state index contributed by atoms with van der Waals surface area (Å²) in [6.07, 6.45) is -2.04. The molecule has 12 heteroatoms. The summed E-state index contributed by atoms with van der Waals surface area (Å²) in [6.45, 7) is 0.198. The molecule has 4 atom stereocenters. The van der Waals surface area contributed by atoms with E-state index in [1.54, 1.807) is 17.0 Å². The molecule has 1 saturated heterocycles. The zero-order valence-corrected chi connectivity index (χ0v) is 19.4. The number of carbonyl (C=O) groups is 2. The van der Waals surface area contributed by atoms with Crippen molar-refractivity contribution in [1.82, 2.24) is 29.7 Å². The monoisotopic (exact) mass is 491 g/mol. The zero-order chi connectivity index (χ0) is 25.4. The van der Waals surface area contributed by atoms with Crippen LogP contribution in [0.25, 0.3) is 11.2 Å². The van der Waals surface area contributed by atoms with Crippen LogP contribution in [0.5, 0.6) is 0 Å². The van der Waals surface area contributed by atoms with Crippen molar-refractivity contribution in [2.24, 2.45) is 0 Å². The molecule has 2 amide bonds. The van der Waals surface area contributed by atoms with Gasteiger partial charge in [0.25, 0.3) is 11.8 Å². The summed E-state index contributed by atoms with van der Waals surface area (Å²) in [7, 11) is 1.40. The van der Waals surface area contributed by atoms with Gasteiger partial charge in [-0.05, 0) is 30.9 Å². The van der Waals surface area contributed by atoms with Crippen LogP contribution in [0.4, 0.5) is 5.82 Å². The van der Waals surface area contributed by atoms with Crippen molar-refractivity contribution in [3.8, 4) is 11.8 Å². The Morgan fingerprint density at radius 1 is 1.22 bits per heavy atom. The van der Waals surface area contributed by atoms with Crippen molar-refractivity contribution in [2.45, 2.75) is 43.4 Å². The van der Waals surface area contributed by atoms with E-state index < -0.39 is 30.4 Å². The molecule has 2 aliphatic rings. The first-order valence-corrected chi connectivity index (χ1v) is 11.5. The van der Waals surface area contributed by atoms with Gasteiger partial charge in [0, 0.05) is 18.7 Å². The molecule has 3 heterocycles. The second-order valence-corrected chi connectivity index (χ2v) is 8.63. The van der Waals surface area contributed by atoms with E-state index in [9.17, 15) is 19.8 Å². The van der Waals surface area contributed by atoms with Gasteiger partial charge in [0.15, 0.2) is 23.8 Å².